The maximum atomic E-state index is 12.8. The number of pyridine rings is 1. The van der Waals surface area contributed by atoms with E-state index in [0.717, 1.165) is 25.7 Å². The highest BCUT2D eigenvalue weighted by Gasteiger charge is 2.34. The van der Waals surface area contributed by atoms with E-state index in [1.165, 1.54) is 6.20 Å². The van der Waals surface area contributed by atoms with Crippen molar-refractivity contribution in [3.63, 3.8) is 0 Å². The predicted molar refractivity (Wildman–Crippen MR) is 98.7 cm³/mol. The Balaban J connectivity index is 1.56. The third-order valence-electron chi connectivity index (χ3n) is 5.14. The van der Waals surface area contributed by atoms with Crippen molar-refractivity contribution in [2.75, 3.05) is 31.6 Å². The van der Waals surface area contributed by atoms with Crippen molar-refractivity contribution in [1.29, 1.82) is 0 Å². The number of anilines is 1. The number of ether oxygens (including phenoxy) is 1. The van der Waals surface area contributed by atoms with Gasteiger partial charge in [0.2, 0.25) is 11.8 Å². The molecular formula is C18H25ClN4O3. The van der Waals surface area contributed by atoms with E-state index in [2.05, 4.69) is 10.3 Å². The number of piperidine rings is 1. The molecule has 0 aromatic carbocycles. The number of hydrogen-bond donors (Lipinski definition) is 2. The summed E-state index contributed by atoms with van der Waals surface area (Å²) < 4.78 is 5.34. The molecule has 1 aromatic heterocycles. The van der Waals surface area contributed by atoms with Crippen LogP contribution in [-0.2, 0) is 14.3 Å². The summed E-state index contributed by atoms with van der Waals surface area (Å²) in [5.74, 6) is 0.175. The van der Waals surface area contributed by atoms with Gasteiger partial charge in [0, 0.05) is 32.5 Å². The van der Waals surface area contributed by atoms with Crippen LogP contribution in [0.1, 0.15) is 25.7 Å². The SMILES string of the molecule is NC(C(=O)N1CCCC(C(=O)Nc2ccc(Cl)cn2)C1)C1CCOCC1. The Morgan fingerprint density at radius 1 is 1.31 bits per heavy atom. The molecule has 26 heavy (non-hydrogen) atoms. The fourth-order valence-corrected chi connectivity index (χ4v) is 3.67. The summed E-state index contributed by atoms with van der Waals surface area (Å²) in [6, 6.07) is 2.82. The van der Waals surface area contributed by atoms with Gasteiger partial charge >= 0.3 is 0 Å². The molecule has 3 N–H and O–H groups in total. The van der Waals surface area contributed by atoms with E-state index in [-0.39, 0.29) is 23.7 Å². The number of hydrogen-bond acceptors (Lipinski definition) is 5. The first-order chi connectivity index (χ1) is 12.5. The molecule has 142 valence electrons. The first-order valence-corrected chi connectivity index (χ1v) is 9.47. The zero-order chi connectivity index (χ0) is 18.5. The normalized spacial score (nSPS) is 22.7. The van der Waals surface area contributed by atoms with Gasteiger partial charge in [-0.2, -0.15) is 0 Å². The molecular weight excluding hydrogens is 356 g/mol. The van der Waals surface area contributed by atoms with Crippen LogP contribution < -0.4 is 11.1 Å². The molecule has 0 spiro atoms. The molecule has 2 aliphatic heterocycles. The van der Waals surface area contributed by atoms with Gasteiger partial charge in [0.15, 0.2) is 0 Å². The minimum Gasteiger partial charge on any atom is -0.381 e. The van der Waals surface area contributed by atoms with Gasteiger partial charge in [-0.15, -0.1) is 0 Å². The second-order valence-corrected chi connectivity index (χ2v) is 7.39. The van der Waals surface area contributed by atoms with Crippen molar-refractivity contribution in [3.8, 4) is 0 Å². The average molecular weight is 381 g/mol. The van der Waals surface area contributed by atoms with Crippen LogP contribution >= 0.6 is 11.6 Å². The summed E-state index contributed by atoms with van der Waals surface area (Å²) >= 11 is 5.81. The standard InChI is InChI=1S/C18H25ClN4O3/c19-14-3-4-15(21-10-14)22-17(24)13-2-1-7-23(11-13)18(25)16(20)12-5-8-26-9-6-12/h3-4,10,12-13,16H,1-2,5-9,11,20H2,(H,21,22,24). The number of amides is 2. The zero-order valence-corrected chi connectivity index (χ0v) is 15.5. The highest BCUT2D eigenvalue weighted by Crippen LogP contribution is 2.23. The van der Waals surface area contributed by atoms with Crippen LogP contribution in [0, 0.1) is 11.8 Å². The summed E-state index contributed by atoms with van der Waals surface area (Å²) in [7, 11) is 0. The van der Waals surface area contributed by atoms with Crippen molar-refractivity contribution in [2.24, 2.45) is 17.6 Å². The van der Waals surface area contributed by atoms with Gasteiger partial charge < -0.3 is 20.7 Å². The Morgan fingerprint density at radius 3 is 2.77 bits per heavy atom. The van der Waals surface area contributed by atoms with Gasteiger partial charge in [-0.25, -0.2) is 4.98 Å². The zero-order valence-electron chi connectivity index (χ0n) is 14.7. The fourth-order valence-electron chi connectivity index (χ4n) is 3.56. The number of carbonyl (C=O) groups is 2. The van der Waals surface area contributed by atoms with Crippen LogP contribution in [0.25, 0.3) is 0 Å². The van der Waals surface area contributed by atoms with Crippen LogP contribution in [0.4, 0.5) is 5.82 Å². The van der Waals surface area contributed by atoms with E-state index in [9.17, 15) is 9.59 Å². The Morgan fingerprint density at radius 2 is 2.08 bits per heavy atom. The Labute approximate surface area is 158 Å². The maximum Gasteiger partial charge on any atom is 0.239 e. The van der Waals surface area contributed by atoms with Gasteiger partial charge in [-0.1, -0.05) is 11.6 Å². The average Bonchev–Trinajstić information content (AvgIpc) is 2.69. The summed E-state index contributed by atoms with van der Waals surface area (Å²) in [4.78, 5) is 31.1. The molecule has 0 bridgehead atoms. The molecule has 2 fully saturated rings. The molecule has 0 radical (unpaired) electrons. The number of aromatic nitrogens is 1. The third kappa shape index (κ3) is 4.72. The highest BCUT2D eigenvalue weighted by molar-refractivity contribution is 6.30. The summed E-state index contributed by atoms with van der Waals surface area (Å²) in [5, 5.41) is 3.31. The van der Waals surface area contributed by atoms with E-state index < -0.39 is 6.04 Å². The van der Waals surface area contributed by atoms with Crippen LogP contribution in [0.5, 0.6) is 0 Å². The highest BCUT2D eigenvalue weighted by atomic mass is 35.5. The Hall–Kier alpha value is -1.70. The Kier molecular flexibility index (Phi) is 6.45. The van der Waals surface area contributed by atoms with E-state index in [4.69, 9.17) is 22.1 Å². The summed E-state index contributed by atoms with van der Waals surface area (Å²) in [6.07, 6.45) is 4.65. The number of nitrogens with zero attached hydrogens (tertiary/aromatic N) is 2. The predicted octanol–water partition coefficient (Wildman–Crippen LogP) is 1.67. The second kappa shape index (κ2) is 8.79. The molecule has 3 rings (SSSR count). The number of rotatable bonds is 4. The maximum absolute atomic E-state index is 12.8. The molecule has 2 aliphatic rings. The molecule has 1 aromatic rings. The van der Waals surface area contributed by atoms with Gasteiger partial charge in [0.25, 0.3) is 0 Å². The molecule has 8 heteroatoms. The molecule has 2 unspecified atom stereocenters. The molecule has 7 nitrogen and oxygen atoms in total. The van der Waals surface area contributed by atoms with Crippen LogP contribution in [0.15, 0.2) is 18.3 Å². The van der Waals surface area contributed by atoms with Crippen molar-refractivity contribution in [1.82, 2.24) is 9.88 Å². The van der Waals surface area contributed by atoms with E-state index in [1.807, 2.05) is 0 Å². The van der Waals surface area contributed by atoms with Crippen LogP contribution in [-0.4, -0.2) is 54.0 Å². The van der Waals surface area contributed by atoms with Crippen molar-refractivity contribution >= 4 is 29.2 Å². The number of nitrogens with one attached hydrogen (secondary N) is 1. The van der Waals surface area contributed by atoms with Crippen molar-refractivity contribution < 1.29 is 14.3 Å². The molecule has 2 amide bonds. The second-order valence-electron chi connectivity index (χ2n) is 6.95. The summed E-state index contributed by atoms with van der Waals surface area (Å²) in [5.41, 5.74) is 6.21. The van der Waals surface area contributed by atoms with Gasteiger partial charge in [-0.05, 0) is 43.7 Å². The lowest BCUT2D eigenvalue weighted by molar-refractivity contribution is -0.137. The number of nitrogens with two attached hydrogens (primary N) is 1. The third-order valence-corrected chi connectivity index (χ3v) is 5.37. The van der Waals surface area contributed by atoms with Crippen LogP contribution in [0.3, 0.4) is 0 Å². The smallest absolute Gasteiger partial charge is 0.239 e. The monoisotopic (exact) mass is 380 g/mol. The van der Waals surface area contributed by atoms with E-state index >= 15 is 0 Å². The van der Waals surface area contributed by atoms with Gasteiger partial charge in [0.1, 0.15) is 5.82 Å². The van der Waals surface area contributed by atoms with Gasteiger partial charge in [-0.3, -0.25) is 9.59 Å². The quantitative estimate of drug-likeness (QED) is 0.828. The molecule has 0 saturated carbocycles. The first-order valence-electron chi connectivity index (χ1n) is 9.09. The molecule has 0 aliphatic carbocycles. The van der Waals surface area contributed by atoms with Crippen LogP contribution in [0.2, 0.25) is 5.02 Å². The molecule has 2 saturated heterocycles. The van der Waals surface area contributed by atoms with E-state index in [0.29, 0.717) is 37.1 Å². The van der Waals surface area contributed by atoms with Crippen molar-refractivity contribution in [3.05, 3.63) is 23.4 Å². The van der Waals surface area contributed by atoms with Gasteiger partial charge in [0.05, 0.1) is 17.0 Å². The topological polar surface area (TPSA) is 97.6 Å². The minimum absolute atomic E-state index is 0.0565. The van der Waals surface area contributed by atoms with Crippen molar-refractivity contribution in [2.45, 2.75) is 31.7 Å². The Bertz CT molecular complexity index is 634. The summed E-state index contributed by atoms with van der Waals surface area (Å²) in [6.45, 7) is 2.36. The molecule has 2 atom stereocenters. The number of carbonyl (C=O) groups excluding carboxylic acids is 2. The lowest BCUT2D eigenvalue weighted by Crippen LogP contribution is -2.52. The number of halogens is 1. The first kappa shape index (κ1) is 19.1. The molecule has 3 heterocycles. The fraction of sp³-hybridized carbons (Fsp3) is 0.611. The number of likely N-dealkylation sites (tertiary alicyclic amines) is 1. The largest absolute Gasteiger partial charge is 0.381 e. The lowest BCUT2D eigenvalue weighted by atomic mass is 9.90. The lowest BCUT2D eigenvalue weighted by Gasteiger charge is -2.36. The minimum atomic E-state index is -0.515. The van der Waals surface area contributed by atoms with E-state index in [1.54, 1.807) is 17.0 Å².